The van der Waals surface area contributed by atoms with E-state index < -0.39 is 0 Å². The monoisotopic (exact) mass is 406 g/mol. The van der Waals surface area contributed by atoms with E-state index >= 15 is 0 Å². The summed E-state index contributed by atoms with van der Waals surface area (Å²) < 4.78 is 0.985. The highest BCUT2D eigenvalue weighted by Gasteiger charge is 2.49. The van der Waals surface area contributed by atoms with Crippen LogP contribution in [0.4, 0.5) is 5.13 Å². The lowest BCUT2D eigenvalue weighted by Crippen LogP contribution is -2.36. The van der Waals surface area contributed by atoms with Crippen LogP contribution in [-0.4, -0.2) is 46.2 Å². The molecule has 148 valence electrons. The third kappa shape index (κ3) is 3.06. The third-order valence-electron chi connectivity index (χ3n) is 6.15. The fourth-order valence-electron chi connectivity index (χ4n) is 4.87. The third-order valence-corrected chi connectivity index (χ3v) is 7.01. The number of hydrogen-bond acceptors (Lipinski definition) is 5. The number of amides is 2. The van der Waals surface area contributed by atoms with Gasteiger partial charge in [0.05, 0.1) is 16.3 Å². The van der Waals surface area contributed by atoms with E-state index in [-0.39, 0.29) is 23.8 Å². The molecule has 0 aliphatic carbocycles. The number of nitrogens with two attached hydrogens (primary N) is 1. The molecule has 5 rings (SSSR count). The second kappa shape index (κ2) is 6.84. The number of nitrogen functional groups attached to an aromatic ring is 1. The Morgan fingerprint density at radius 1 is 1.10 bits per heavy atom. The van der Waals surface area contributed by atoms with Gasteiger partial charge in [-0.2, -0.15) is 0 Å². The van der Waals surface area contributed by atoms with E-state index in [0.717, 1.165) is 15.8 Å². The summed E-state index contributed by atoms with van der Waals surface area (Å²) in [6.45, 7) is 3.66. The zero-order valence-corrected chi connectivity index (χ0v) is 16.9. The van der Waals surface area contributed by atoms with Crippen LogP contribution >= 0.6 is 11.3 Å². The fourth-order valence-corrected chi connectivity index (χ4v) is 5.59. The Morgan fingerprint density at radius 2 is 1.90 bits per heavy atom. The molecule has 2 aliphatic rings. The van der Waals surface area contributed by atoms with Crippen molar-refractivity contribution >= 4 is 38.5 Å². The van der Waals surface area contributed by atoms with E-state index in [0.29, 0.717) is 36.2 Å². The summed E-state index contributed by atoms with van der Waals surface area (Å²) in [5.41, 5.74) is 8.34. The zero-order chi connectivity index (χ0) is 20.1. The minimum Gasteiger partial charge on any atom is -0.375 e. The molecule has 6 nitrogen and oxygen atoms in total. The summed E-state index contributed by atoms with van der Waals surface area (Å²) in [6.07, 6.45) is 0. The highest BCUT2D eigenvalue weighted by molar-refractivity contribution is 7.22. The van der Waals surface area contributed by atoms with Crippen LogP contribution in [0.5, 0.6) is 0 Å². The Balaban J connectivity index is 1.41. The summed E-state index contributed by atoms with van der Waals surface area (Å²) in [4.78, 5) is 33.6. The van der Waals surface area contributed by atoms with Crippen LogP contribution in [0.2, 0.25) is 0 Å². The molecule has 29 heavy (non-hydrogen) atoms. The van der Waals surface area contributed by atoms with Crippen molar-refractivity contribution in [3.05, 3.63) is 59.7 Å². The van der Waals surface area contributed by atoms with Crippen LogP contribution in [0, 0.1) is 11.8 Å². The number of thiazole rings is 1. The molecule has 7 heteroatoms. The maximum Gasteiger partial charge on any atom is 0.253 e. The van der Waals surface area contributed by atoms with Crippen LogP contribution in [0.3, 0.4) is 0 Å². The summed E-state index contributed by atoms with van der Waals surface area (Å²) in [5, 5.41) is 0.510. The van der Waals surface area contributed by atoms with Crippen molar-refractivity contribution in [1.82, 2.24) is 14.8 Å². The smallest absolute Gasteiger partial charge is 0.253 e. The van der Waals surface area contributed by atoms with Gasteiger partial charge in [-0.1, -0.05) is 41.7 Å². The second-order valence-corrected chi connectivity index (χ2v) is 8.96. The Labute approximate surface area is 172 Å². The van der Waals surface area contributed by atoms with Crippen molar-refractivity contribution in [3.63, 3.8) is 0 Å². The molecule has 2 aliphatic heterocycles. The predicted octanol–water partition coefficient (Wildman–Crippen LogP) is 3.17. The maximum absolute atomic E-state index is 13.2. The molecule has 1 aromatic heterocycles. The molecule has 2 saturated heterocycles. The number of hydrogen-bond donors (Lipinski definition) is 1. The van der Waals surface area contributed by atoms with Gasteiger partial charge in [-0.25, -0.2) is 4.98 Å². The van der Waals surface area contributed by atoms with E-state index in [4.69, 9.17) is 5.73 Å². The number of aromatic nitrogens is 1. The lowest BCUT2D eigenvalue weighted by atomic mass is 9.89. The lowest BCUT2D eigenvalue weighted by molar-refractivity contribution is -0.130. The number of rotatable bonds is 2. The summed E-state index contributed by atoms with van der Waals surface area (Å²) >= 11 is 1.42. The normalized spacial score (nSPS) is 23.6. The van der Waals surface area contributed by atoms with Gasteiger partial charge < -0.3 is 15.5 Å². The molecule has 0 spiro atoms. The van der Waals surface area contributed by atoms with Gasteiger partial charge in [0.2, 0.25) is 5.91 Å². The first-order valence-electron chi connectivity index (χ1n) is 9.79. The van der Waals surface area contributed by atoms with E-state index in [2.05, 4.69) is 17.1 Å². The molecule has 0 saturated carbocycles. The predicted molar refractivity (Wildman–Crippen MR) is 113 cm³/mol. The van der Waals surface area contributed by atoms with Crippen LogP contribution < -0.4 is 5.73 Å². The number of likely N-dealkylation sites (tertiary alicyclic amines) is 2. The van der Waals surface area contributed by atoms with Crippen LogP contribution in [0.15, 0.2) is 48.5 Å². The largest absolute Gasteiger partial charge is 0.375 e. The number of benzene rings is 2. The van der Waals surface area contributed by atoms with Gasteiger partial charge in [0.1, 0.15) is 0 Å². The first-order chi connectivity index (χ1) is 14.0. The highest BCUT2D eigenvalue weighted by atomic mass is 32.1. The standard InChI is InChI=1S/C22H22N4O2S/c1-13(27)26-11-16-10-25(12-17(16)20(26)14-5-3-2-4-6-14)21(28)15-7-8-19-18(9-15)24-22(23)29-19/h2-9,16-17,20H,10-12H2,1H3,(H2,23,24)/t16-,17-,20-/m1/s1. The van der Waals surface area contributed by atoms with E-state index in [1.807, 2.05) is 46.2 Å². The van der Waals surface area contributed by atoms with Crippen molar-refractivity contribution < 1.29 is 9.59 Å². The number of carbonyl (C=O) groups is 2. The van der Waals surface area contributed by atoms with E-state index in [1.165, 1.54) is 11.3 Å². The molecule has 2 fully saturated rings. The van der Waals surface area contributed by atoms with E-state index in [1.54, 1.807) is 6.92 Å². The SMILES string of the molecule is CC(=O)N1C[C@H]2CN(C(=O)c3ccc4sc(N)nc4c3)C[C@H]2[C@H]1c1ccccc1. The molecule has 0 bridgehead atoms. The maximum atomic E-state index is 13.2. The summed E-state index contributed by atoms with van der Waals surface area (Å²) in [5.74, 6) is 0.669. The average molecular weight is 407 g/mol. The molecule has 2 aromatic carbocycles. The first kappa shape index (κ1) is 18.1. The van der Waals surface area contributed by atoms with Gasteiger partial charge in [-0.15, -0.1) is 0 Å². The average Bonchev–Trinajstić information content (AvgIpc) is 3.38. The minimum absolute atomic E-state index is 0.0223. The number of anilines is 1. The van der Waals surface area contributed by atoms with Gasteiger partial charge in [0.15, 0.2) is 5.13 Å². The van der Waals surface area contributed by atoms with E-state index in [9.17, 15) is 9.59 Å². The molecule has 2 amide bonds. The Bertz CT molecular complexity index is 1100. The van der Waals surface area contributed by atoms with Gasteiger partial charge in [0, 0.05) is 44.0 Å². The van der Waals surface area contributed by atoms with Crippen LogP contribution in [0.25, 0.3) is 10.2 Å². The van der Waals surface area contributed by atoms with Gasteiger partial charge >= 0.3 is 0 Å². The Hall–Kier alpha value is -2.93. The van der Waals surface area contributed by atoms with Crippen molar-refractivity contribution in [1.29, 1.82) is 0 Å². The van der Waals surface area contributed by atoms with Gasteiger partial charge in [-0.3, -0.25) is 9.59 Å². The first-order valence-corrected chi connectivity index (χ1v) is 10.6. The minimum atomic E-state index is 0.0223. The molecule has 3 aromatic rings. The molecule has 2 N–H and O–H groups in total. The van der Waals surface area contributed by atoms with Crippen molar-refractivity contribution in [3.8, 4) is 0 Å². The molecule has 3 heterocycles. The second-order valence-electron chi connectivity index (χ2n) is 7.90. The van der Waals surface area contributed by atoms with Gasteiger partial charge in [0.25, 0.3) is 5.91 Å². The molecule has 0 radical (unpaired) electrons. The number of nitrogens with zero attached hydrogens (tertiary/aromatic N) is 3. The summed E-state index contributed by atoms with van der Waals surface area (Å²) in [6, 6.07) is 15.8. The van der Waals surface area contributed by atoms with Crippen LogP contribution in [-0.2, 0) is 4.79 Å². The number of fused-ring (bicyclic) bond motifs is 2. The molecule has 3 atom stereocenters. The Kier molecular flexibility index (Phi) is 4.28. The molecular formula is C22H22N4O2S. The summed E-state index contributed by atoms with van der Waals surface area (Å²) in [7, 11) is 0. The van der Waals surface area contributed by atoms with Gasteiger partial charge in [-0.05, 0) is 23.8 Å². The zero-order valence-electron chi connectivity index (χ0n) is 16.1. The van der Waals surface area contributed by atoms with Crippen molar-refractivity contribution in [2.75, 3.05) is 25.4 Å². The topological polar surface area (TPSA) is 79.5 Å². The number of carbonyl (C=O) groups excluding carboxylic acids is 2. The lowest BCUT2D eigenvalue weighted by Gasteiger charge is -2.29. The van der Waals surface area contributed by atoms with Crippen molar-refractivity contribution in [2.45, 2.75) is 13.0 Å². The van der Waals surface area contributed by atoms with Crippen molar-refractivity contribution in [2.24, 2.45) is 11.8 Å². The fraction of sp³-hybridized carbons (Fsp3) is 0.318. The highest BCUT2D eigenvalue weighted by Crippen LogP contribution is 2.45. The molecular weight excluding hydrogens is 384 g/mol. The quantitative estimate of drug-likeness (QED) is 0.709. The molecule has 0 unspecified atom stereocenters. The van der Waals surface area contributed by atoms with Crippen LogP contribution in [0.1, 0.15) is 28.9 Å². The Morgan fingerprint density at radius 3 is 2.66 bits per heavy atom.